The molecule has 6 nitrogen and oxygen atoms in total. The van der Waals surface area contributed by atoms with Gasteiger partial charge in [-0.3, -0.25) is 9.59 Å². The maximum atomic E-state index is 12.0. The molecule has 0 saturated carbocycles. The van der Waals surface area contributed by atoms with Gasteiger partial charge < -0.3 is 19.2 Å². The second-order valence-electron chi connectivity index (χ2n) is 5.31. The number of fused-ring (bicyclic) bond motifs is 1. The summed E-state index contributed by atoms with van der Waals surface area (Å²) in [6.45, 7) is 2.46. The molecule has 0 spiro atoms. The van der Waals surface area contributed by atoms with Crippen LogP contribution < -0.4 is 20.2 Å². The third-order valence-corrected chi connectivity index (χ3v) is 3.43. The molecule has 23 heavy (non-hydrogen) atoms. The summed E-state index contributed by atoms with van der Waals surface area (Å²) in [5, 5.41) is 2.72. The molecule has 0 fully saturated rings. The summed E-state index contributed by atoms with van der Waals surface area (Å²) >= 11 is 0. The summed E-state index contributed by atoms with van der Waals surface area (Å²) in [6, 6.07) is 9.99. The second kappa shape index (κ2) is 6.56. The Morgan fingerprint density at radius 2 is 2.04 bits per heavy atom. The minimum atomic E-state index is -0.414. The van der Waals surface area contributed by atoms with Crippen LogP contribution in [-0.2, 0) is 0 Å². The summed E-state index contributed by atoms with van der Waals surface area (Å²) in [6.07, 6.45) is 0.463. The number of ether oxygens (including phenoxy) is 2. The van der Waals surface area contributed by atoms with E-state index in [9.17, 15) is 9.59 Å². The Bertz CT molecular complexity index is 768. The van der Waals surface area contributed by atoms with Crippen molar-refractivity contribution >= 4 is 5.91 Å². The smallest absolute Gasteiger partial charge is 0.287 e. The summed E-state index contributed by atoms with van der Waals surface area (Å²) in [7, 11) is 0. The van der Waals surface area contributed by atoms with Gasteiger partial charge in [0, 0.05) is 25.1 Å². The topological polar surface area (TPSA) is 77.8 Å². The van der Waals surface area contributed by atoms with Crippen LogP contribution in [0, 0.1) is 6.92 Å². The van der Waals surface area contributed by atoms with Crippen LogP contribution in [0.25, 0.3) is 0 Å². The van der Waals surface area contributed by atoms with E-state index in [2.05, 4.69) is 5.32 Å². The molecule has 0 aliphatic carbocycles. The Labute approximate surface area is 133 Å². The maximum absolute atomic E-state index is 12.0. The molecule has 1 N–H and O–H groups in total. The largest absolute Gasteiger partial charge is 0.486 e. The van der Waals surface area contributed by atoms with Gasteiger partial charge in [0.25, 0.3) is 5.91 Å². The Kier molecular flexibility index (Phi) is 4.32. The van der Waals surface area contributed by atoms with Crippen molar-refractivity contribution in [2.24, 2.45) is 0 Å². The van der Waals surface area contributed by atoms with E-state index in [4.69, 9.17) is 13.9 Å². The molecule has 0 radical (unpaired) electrons. The van der Waals surface area contributed by atoms with E-state index in [1.165, 1.54) is 12.1 Å². The first-order valence-electron chi connectivity index (χ1n) is 7.40. The van der Waals surface area contributed by atoms with E-state index in [1.54, 1.807) is 6.92 Å². The number of nitrogens with one attached hydrogen (secondary N) is 1. The average Bonchev–Trinajstić information content (AvgIpc) is 2.53. The predicted octanol–water partition coefficient (Wildman–Crippen LogP) is 1.91. The van der Waals surface area contributed by atoms with Crippen LogP contribution in [0.3, 0.4) is 0 Å². The van der Waals surface area contributed by atoms with Crippen molar-refractivity contribution in [3.63, 3.8) is 0 Å². The first-order valence-corrected chi connectivity index (χ1v) is 7.40. The third-order valence-electron chi connectivity index (χ3n) is 3.43. The van der Waals surface area contributed by atoms with Gasteiger partial charge in [-0.1, -0.05) is 12.1 Å². The quantitative estimate of drug-likeness (QED) is 0.932. The van der Waals surface area contributed by atoms with Crippen molar-refractivity contribution in [3.05, 3.63) is 58.1 Å². The lowest BCUT2D eigenvalue weighted by Gasteiger charge is -2.26. The highest BCUT2D eigenvalue weighted by Crippen LogP contribution is 2.31. The Morgan fingerprint density at radius 3 is 2.83 bits per heavy atom. The lowest BCUT2D eigenvalue weighted by atomic mass is 10.2. The molecule has 120 valence electrons. The molecule has 1 aromatic carbocycles. The number of benzene rings is 1. The highest BCUT2D eigenvalue weighted by atomic mass is 16.6. The molecule has 1 aliphatic heterocycles. The molecule has 3 rings (SSSR count). The number of hydrogen-bond acceptors (Lipinski definition) is 5. The summed E-state index contributed by atoms with van der Waals surface area (Å²) in [4.78, 5) is 23.4. The molecule has 1 amide bonds. The van der Waals surface area contributed by atoms with Crippen molar-refractivity contribution in [2.45, 2.75) is 19.4 Å². The van der Waals surface area contributed by atoms with E-state index in [0.29, 0.717) is 31.1 Å². The van der Waals surface area contributed by atoms with Gasteiger partial charge >= 0.3 is 0 Å². The molecule has 1 atom stereocenters. The lowest BCUT2D eigenvalue weighted by Crippen LogP contribution is -2.34. The van der Waals surface area contributed by atoms with Gasteiger partial charge in [0.2, 0.25) is 0 Å². The standard InChI is InChI=1S/C17H17NO5/c1-11-8-12(19)9-16(22-11)17(20)18-7-6-13-10-21-14-4-2-3-5-15(14)23-13/h2-5,8-9,13H,6-7,10H2,1H3,(H,18,20)/t13-/m1/s1. The molecule has 1 aromatic heterocycles. The van der Waals surface area contributed by atoms with E-state index >= 15 is 0 Å². The fourth-order valence-electron chi connectivity index (χ4n) is 2.35. The van der Waals surface area contributed by atoms with Crippen molar-refractivity contribution < 1.29 is 18.7 Å². The molecule has 1 aliphatic rings. The summed E-state index contributed by atoms with van der Waals surface area (Å²) in [5.74, 6) is 1.45. The lowest BCUT2D eigenvalue weighted by molar-refractivity contribution is 0.0802. The highest BCUT2D eigenvalue weighted by molar-refractivity contribution is 5.91. The number of amides is 1. The van der Waals surface area contributed by atoms with Gasteiger partial charge in [-0.25, -0.2) is 0 Å². The molecular weight excluding hydrogens is 298 g/mol. The van der Waals surface area contributed by atoms with Crippen molar-refractivity contribution in [1.29, 1.82) is 0 Å². The zero-order valence-electron chi connectivity index (χ0n) is 12.7. The Morgan fingerprint density at radius 1 is 1.26 bits per heavy atom. The molecule has 2 heterocycles. The summed E-state index contributed by atoms with van der Waals surface area (Å²) < 4.78 is 16.7. The predicted molar refractivity (Wildman–Crippen MR) is 83.0 cm³/mol. The molecule has 0 saturated heterocycles. The first kappa shape index (κ1) is 15.1. The van der Waals surface area contributed by atoms with Crippen LogP contribution in [0.4, 0.5) is 0 Å². The SMILES string of the molecule is Cc1cc(=O)cc(C(=O)NCC[C@@H]2COc3ccccc3O2)o1. The van der Waals surface area contributed by atoms with E-state index in [-0.39, 0.29) is 17.3 Å². The number of rotatable bonds is 4. The zero-order chi connectivity index (χ0) is 16.2. The van der Waals surface area contributed by atoms with Crippen molar-refractivity contribution in [2.75, 3.05) is 13.2 Å². The normalized spacial score (nSPS) is 16.0. The first-order chi connectivity index (χ1) is 11.1. The van der Waals surface area contributed by atoms with Gasteiger partial charge in [-0.2, -0.15) is 0 Å². The minimum absolute atomic E-state index is 0.0150. The van der Waals surface area contributed by atoms with Gasteiger partial charge in [-0.05, 0) is 19.1 Å². The number of carbonyl (C=O) groups is 1. The fraction of sp³-hybridized carbons (Fsp3) is 0.294. The van der Waals surface area contributed by atoms with E-state index < -0.39 is 5.91 Å². The van der Waals surface area contributed by atoms with Crippen LogP contribution in [-0.4, -0.2) is 25.2 Å². The van der Waals surface area contributed by atoms with Gasteiger partial charge in [0.05, 0.1) is 0 Å². The number of aryl methyl sites for hydroxylation is 1. The van der Waals surface area contributed by atoms with Crippen LogP contribution in [0.15, 0.2) is 45.6 Å². The highest BCUT2D eigenvalue weighted by Gasteiger charge is 2.20. The maximum Gasteiger partial charge on any atom is 0.287 e. The Balaban J connectivity index is 1.52. The molecule has 0 bridgehead atoms. The second-order valence-corrected chi connectivity index (χ2v) is 5.31. The summed E-state index contributed by atoms with van der Waals surface area (Å²) in [5.41, 5.74) is -0.250. The van der Waals surface area contributed by atoms with Crippen LogP contribution in [0.1, 0.15) is 22.7 Å². The van der Waals surface area contributed by atoms with Crippen molar-refractivity contribution in [1.82, 2.24) is 5.32 Å². The number of carbonyl (C=O) groups excluding carboxylic acids is 1. The van der Waals surface area contributed by atoms with E-state index in [1.807, 2.05) is 24.3 Å². The van der Waals surface area contributed by atoms with Crippen LogP contribution >= 0.6 is 0 Å². The number of hydrogen-bond donors (Lipinski definition) is 1. The van der Waals surface area contributed by atoms with Crippen LogP contribution in [0.2, 0.25) is 0 Å². The van der Waals surface area contributed by atoms with Gasteiger partial charge in [0.15, 0.2) is 22.7 Å². The van der Waals surface area contributed by atoms with Gasteiger partial charge in [-0.15, -0.1) is 0 Å². The minimum Gasteiger partial charge on any atom is -0.486 e. The molecule has 0 unspecified atom stereocenters. The number of para-hydroxylation sites is 2. The van der Waals surface area contributed by atoms with Gasteiger partial charge in [0.1, 0.15) is 18.5 Å². The monoisotopic (exact) mass is 315 g/mol. The molecule has 6 heteroatoms. The van der Waals surface area contributed by atoms with Crippen molar-refractivity contribution in [3.8, 4) is 11.5 Å². The Hall–Kier alpha value is -2.76. The molecule has 2 aromatic rings. The van der Waals surface area contributed by atoms with Crippen LogP contribution in [0.5, 0.6) is 11.5 Å². The zero-order valence-corrected chi connectivity index (χ0v) is 12.7. The van der Waals surface area contributed by atoms with E-state index in [0.717, 1.165) is 5.75 Å². The fourth-order valence-corrected chi connectivity index (χ4v) is 2.35. The third kappa shape index (κ3) is 3.71. The average molecular weight is 315 g/mol. The molecular formula is C17H17NO5.